The molecule has 3 rings (SSSR count). The van der Waals surface area contributed by atoms with Crippen molar-refractivity contribution in [1.82, 2.24) is 0 Å². The van der Waals surface area contributed by atoms with E-state index >= 15 is 0 Å². The number of nitrogens with zero attached hydrogens (tertiary/aromatic N) is 3. The summed E-state index contributed by atoms with van der Waals surface area (Å²) in [5.74, 6) is -0.0420. The quantitative estimate of drug-likeness (QED) is 0.427. The molecule has 4 atom stereocenters. The molecule has 162 valence electrons. The maximum Gasteiger partial charge on any atom is 0.318 e. The molecule has 10 nitrogen and oxygen atoms in total. The normalized spacial score (nSPS) is 31.8. The number of anilines is 1. The highest BCUT2D eigenvalue weighted by Crippen LogP contribution is 2.64. The van der Waals surface area contributed by atoms with Gasteiger partial charge < -0.3 is 4.74 Å². The lowest BCUT2D eigenvalue weighted by Gasteiger charge is -2.51. The fourth-order valence-electron chi connectivity index (χ4n) is 5.48. The van der Waals surface area contributed by atoms with Crippen LogP contribution in [0.2, 0.25) is 0 Å². The van der Waals surface area contributed by atoms with Crippen molar-refractivity contribution in [3.05, 3.63) is 38.4 Å². The van der Waals surface area contributed by atoms with Crippen LogP contribution in [-0.4, -0.2) is 28.6 Å². The number of methoxy groups -OCH3 is 1. The van der Waals surface area contributed by atoms with Crippen molar-refractivity contribution >= 4 is 28.7 Å². The van der Waals surface area contributed by atoms with E-state index in [1.54, 1.807) is 0 Å². The molecule has 1 N–H and O–H groups in total. The van der Waals surface area contributed by atoms with Crippen LogP contribution in [0.1, 0.15) is 46.5 Å². The van der Waals surface area contributed by atoms with Gasteiger partial charge in [-0.3, -0.25) is 30.4 Å². The number of hydrazone groups is 1. The maximum absolute atomic E-state index is 13.1. The second-order valence-electron chi connectivity index (χ2n) is 8.48. The number of ether oxygens (including phenoxy) is 1. The van der Waals surface area contributed by atoms with E-state index in [2.05, 4.69) is 24.4 Å². The third-order valence-corrected chi connectivity index (χ3v) is 7.30. The predicted molar refractivity (Wildman–Crippen MR) is 110 cm³/mol. The third-order valence-electron chi connectivity index (χ3n) is 7.30. The zero-order chi connectivity index (χ0) is 22.3. The Morgan fingerprint density at radius 2 is 1.90 bits per heavy atom. The number of non-ortho nitro benzene ring substituents is 1. The molecule has 1 aromatic carbocycles. The van der Waals surface area contributed by atoms with Gasteiger partial charge in [0.2, 0.25) is 0 Å². The van der Waals surface area contributed by atoms with Gasteiger partial charge in [-0.2, -0.15) is 5.10 Å². The Morgan fingerprint density at radius 3 is 2.50 bits per heavy atom. The van der Waals surface area contributed by atoms with E-state index in [9.17, 15) is 25.0 Å². The van der Waals surface area contributed by atoms with Gasteiger partial charge in [-0.1, -0.05) is 20.8 Å². The largest absolute Gasteiger partial charge is 0.468 e. The molecule has 0 spiro atoms. The van der Waals surface area contributed by atoms with Gasteiger partial charge in [-0.05, 0) is 49.0 Å². The highest BCUT2D eigenvalue weighted by molar-refractivity contribution is 6.09. The third kappa shape index (κ3) is 3.01. The molecule has 0 amide bonds. The van der Waals surface area contributed by atoms with E-state index in [0.717, 1.165) is 25.3 Å². The summed E-state index contributed by atoms with van der Waals surface area (Å²) in [6.45, 7) is 6.26. The molecule has 0 aromatic heterocycles. The number of carbonyl (C=O) groups is 1. The molecule has 2 aliphatic carbocycles. The number of carbonyl (C=O) groups excluding carboxylic acids is 1. The monoisotopic (exact) mass is 418 g/mol. The standard InChI is InChI=1S/C20H26N4O6/c1-12-5-8-17(20(18(25)30-4)13(2)9-10-19(12,20)3)22-21-15-7-6-14(23(26)27)11-16(15)24(28)29/h6-7,11-13,21H,5,8-10H2,1-4H3/b22-17+/t12-,13-,19+,20-/m1/s1. The van der Waals surface area contributed by atoms with Gasteiger partial charge in [0.15, 0.2) is 0 Å². The summed E-state index contributed by atoms with van der Waals surface area (Å²) in [4.78, 5) is 34.1. The molecule has 1 aromatic rings. The number of hydrogen-bond acceptors (Lipinski definition) is 8. The fraction of sp³-hybridized carbons (Fsp3) is 0.600. The summed E-state index contributed by atoms with van der Waals surface area (Å²) < 4.78 is 5.23. The Labute approximate surface area is 174 Å². The number of nitrogens with one attached hydrogen (secondary N) is 1. The van der Waals surface area contributed by atoms with Crippen molar-refractivity contribution < 1.29 is 19.4 Å². The average Bonchev–Trinajstić information content (AvgIpc) is 3.00. The molecule has 30 heavy (non-hydrogen) atoms. The first kappa shape index (κ1) is 21.7. The molecule has 0 unspecified atom stereocenters. The minimum Gasteiger partial charge on any atom is -0.468 e. The number of hydrogen-bond donors (Lipinski definition) is 1. The highest BCUT2D eigenvalue weighted by Gasteiger charge is 2.67. The molecule has 2 fully saturated rings. The zero-order valence-corrected chi connectivity index (χ0v) is 17.5. The van der Waals surface area contributed by atoms with Crippen LogP contribution in [0.15, 0.2) is 23.3 Å². The predicted octanol–water partition coefficient (Wildman–Crippen LogP) is 4.30. The number of nitro benzene ring substituents is 2. The summed E-state index contributed by atoms with van der Waals surface area (Å²) in [7, 11) is 1.37. The van der Waals surface area contributed by atoms with E-state index in [1.807, 2.05) is 6.92 Å². The minimum absolute atomic E-state index is 0.00472. The topological polar surface area (TPSA) is 137 Å². The van der Waals surface area contributed by atoms with Gasteiger partial charge in [-0.25, -0.2) is 0 Å². The molecule has 2 saturated carbocycles. The number of fused-ring (bicyclic) bond motifs is 1. The van der Waals surface area contributed by atoms with E-state index in [4.69, 9.17) is 4.74 Å². The van der Waals surface area contributed by atoms with Crippen molar-refractivity contribution in [3.63, 3.8) is 0 Å². The van der Waals surface area contributed by atoms with E-state index in [-0.39, 0.29) is 34.6 Å². The van der Waals surface area contributed by atoms with Gasteiger partial charge in [0.1, 0.15) is 11.1 Å². The van der Waals surface area contributed by atoms with Crippen molar-refractivity contribution in [3.8, 4) is 0 Å². The first-order valence-corrected chi connectivity index (χ1v) is 9.93. The Kier molecular flexibility index (Phi) is 5.53. The van der Waals surface area contributed by atoms with Crippen molar-refractivity contribution in [1.29, 1.82) is 0 Å². The molecular formula is C20H26N4O6. The molecule has 2 aliphatic rings. The summed E-state index contributed by atoms with van der Waals surface area (Å²) in [5, 5.41) is 26.8. The number of esters is 1. The summed E-state index contributed by atoms with van der Waals surface area (Å²) >= 11 is 0. The molecule has 0 heterocycles. The van der Waals surface area contributed by atoms with E-state index in [0.29, 0.717) is 12.1 Å². The van der Waals surface area contributed by atoms with Gasteiger partial charge in [-0.15, -0.1) is 0 Å². The lowest BCUT2D eigenvalue weighted by atomic mass is 9.51. The lowest BCUT2D eigenvalue weighted by Crippen LogP contribution is -2.57. The van der Waals surface area contributed by atoms with Crippen molar-refractivity contribution in [2.24, 2.45) is 27.8 Å². The molecule has 0 bridgehead atoms. The summed E-state index contributed by atoms with van der Waals surface area (Å²) in [5.41, 5.74) is 1.28. The molecule has 0 radical (unpaired) electrons. The smallest absolute Gasteiger partial charge is 0.318 e. The van der Waals surface area contributed by atoms with Crippen LogP contribution in [0.3, 0.4) is 0 Å². The van der Waals surface area contributed by atoms with E-state index < -0.39 is 20.9 Å². The van der Waals surface area contributed by atoms with Crippen LogP contribution in [0.4, 0.5) is 17.1 Å². The Morgan fingerprint density at radius 1 is 1.20 bits per heavy atom. The van der Waals surface area contributed by atoms with Crippen LogP contribution in [0.25, 0.3) is 0 Å². The van der Waals surface area contributed by atoms with Crippen molar-refractivity contribution in [2.75, 3.05) is 12.5 Å². The second kappa shape index (κ2) is 7.66. The fourth-order valence-corrected chi connectivity index (χ4v) is 5.48. The number of benzene rings is 1. The summed E-state index contributed by atoms with van der Waals surface area (Å²) in [6.07, 6.45) is 3.11. The highest BCUT2D eigenvalue weighted by atomic mass is 16.6. The Balaban J connectivity index is 2.07. The molecule has 0 aliphatic heterocycles. The minimum atomic E-state index is -0.915. The lowest BCUT2D eigenvalue weighted by molar-refractivity contribution is -0.393. The number of rotatable bonds is 5. The van der Waals surface area contributed by atoms with Crippen LogP contribution in [0, 0.1) is 42.9 Å². The van der Waals surface area contributed by atoms with E-state index in [1.165, 1.54) is 19.2 Å². The van der Waals surface area contributed by atoms with Crippen LogP contribution >= 0.6 is 0 Å². The molecular weight excluding hydrogens is 392 g/mol. The first-order valence-electron chi connectivity index (χ1n) is 9.93. The first-order chi connectivity index (χ1) is 14.1. The number of nitro groups is 2. The van der Waals surface area contributed by atoms with Crippen LogP contribution in [0.5, 0.6) is 0 Å². The average molecular weight is 418 g/mol. The summed E-state index contributed by atoms with van der Waals surface area (Å²) in [6, 6.07) is 3.33. The van der Waals surface area contributed by atoms with Gasteiger partial charge in [0.05, 0.1) is 28.7 Å². The molecule has 10 heteroatoms. The van der Waals surface area contributed by atoms with Gasteiger partial charge >= 0.3 is 11.7 Å². The van der Waals surface area contributed by atoms with Crippen LogP contribution in [-0.2, 0) is 9.53 Å². The Hall–Kier alpha value is -3.04. The van der Waals surface area contributed by atoms with Gasteiger partial charge in [0.25, 0.3) is 5.69 Å². The SMILES string of the molecule is COC(=O)[C@@]12/C(=N/Nc3ccc([N+](=O)[O-])cc3[N+](=O)[O-])CC[C@@H](C)[C@]1(C)CC[C@H]2C. The van der Waals surface area contributed by atoms with Crippen molar-refractivity contribution in [2.45, 2.75) is 46.5 Å². The second-order valence-corrected chi connectivity index (χ2v) is 8.48. The van der Waals surface area contributed by atoms with Gasteiger partial charge in [0, 0.05) is 6.07 Å². The maximum atomic E-state index is 13.1. The zero-order valence-electron chi connectivity index (χ0n) is 17.5. The molecule has 0 saturated heterocycles. The van der Waals surface area contributed by atoms with Crippen LogP contribution < -0.4 is 5.43 Å². The Bertz CT molecular complexity index is 932.